The summed E-state index contributed by atoms with van der Waals surface area (Å²) in [6.07, 6.45) is 10.8. The second-order valence-electron chi connectivity index (χ2n) is 13.7. The zero-order valence-electron chi connectivity index (χ0n) is 28.8. The zero-order valence-corrected chi connectivity index (χ0v) is 28.8. The Bertz CT molecular complexity index is 1700. The van der Waals surface area contributed by atoms with Crippen molar-refractivity contribution in [3.63, 3.8) is 0 Å². The normalized spacial score (nSPS) is 14.5. The summed E-state index contributed by atoms with van der Waals surface area (Å²) < 4.78 is 12.6. The Kier molecular flexibility index (Phi) is 10.4. The van der Waals surface area contributed by atoms with Crippen molar-refractivity contribution in [3.8, 4) is 23.0 Å². The Balaban J connectivity index is 1.25. The number of nitrogen functional groups attached to an aromatic ring is 2. The molecule has 0 aliphatic heterocycles. The fourth-order valence-corrected chi connectivity index (χ4v) is 7.46. The Hall–Kier alpha value is -4.70. The van der Waals surface area contributed by atoms with E-state index in [4.69, 9.17) is 20.9 Å². The van der Waals surface area contributed by atoms with Gasteiger partial charge in [0.2, 0.25) is 0 Å². The van der Waals surface area contributed by atoms with Crippen LogP contribution in [-0.4, -0.2) is 0 Å². The van der Waals surface area contributed by atoms with Gasteiger partial charge >= 0.3 is 0 Å². The highest BCUT2D eigenvalue weighted by molar-refractivity contribution is 5.51. The third kappa shape index (κ3) is 7.71. The Labute approximate surface area is 287 Å². The molecule has 5 aromatic rings. The van der Waals surface area contributed by atoms with Crippen molar-refractivity contribution in [2.75, 3.05) is 11.5 Å². The number of hydrogen-bond acceptors (Lipinski definition) is 4. The summed E-state index contributed by atoms with van der Waals surface area (Å²) in [5, 5.41) is 0. The van der Waals surface area contributed by atoms with Gasteiger partial charge in [-0.3, -0.25) is 0 Å². The first-order valence-corrected chi connectivity index (χ1v) is 17.7. The van der Waals surface area contributed by atoms with Gasteiger partial charge in [-0.05, 0) is 152 Å². The quantitative estimate of drug-likeness (QED) is 0.105. The molecule has 5 aromatic carbocycles. The third-order valence-electron chi connectivity index (χ3n) is 10.2. The predicted octanol–water partition coefficient (Wildman–Crippen LogP) is 11.8. The topological polar surface area (TPSA) is 70.5 Å². The van der Waals surface area contributed by atoms with Gasteiger partial charge in [-0.2, -0.15) is 0 Å². The summed E-state index contributed by atoms with van der Waals surface area (Å²) in [5.74, 6) is 3.88. The van der Waals surface area contributed by atoms with Crippen LogP contribution < -0.4 is 20.9 Å². The van der Waals surface area contributed by atoms with E-state index in [-0.39, 0.29) is 5.41 Å². The van der Waals surface area contributed by atoms with Gasteiger partial charge in [0.15, 0.2) is 0 Å². The van der Waals surface area contributed by atoms with Gasteiger partial charge in [0, 0.05) is 16.8 Å². The molecular weight excluding hydrogens is 588 g/mol. The van der Waals surface area contributed by atoms with E-state index in [0.29, 0.717) is 5.92 Å². The van der Waals surface area contributed by atoms with E-state index in [9.17, 15) is 0 Å². The number of anilines is 2. The summed E-state index contributed by atoms with van der Waals surface area (Å²) in [5.41, 5.74) is 21.0. The summed E-state index contributed by atoms with van der Waals surface area (Å²) in [6, 6.07) is 38.5. The van der Waals surface area contributed by atoms with Crippen LogP contribution in [0.2, 0.25) is 0 Å². The van der Waals surface area contributed by atoms with Gasteiger partial charge in [0.25, 0.3) is 0 Å². The molecule has 1 aliphatic rings. The molecule has 0 spiro atoms. The van der Waals surface area contributed by atoms with E-state index in [1.165, 1.54) is 54.4 Å². The number of rotatable bonds is 12. The highest BCUT2D eigenvalue weighted by Crippen LogP contribution is 2.50. The molecule has 4 heteroatoms. The molecular formula is C44H50N2O2. The SMILES string of the molecule is CCCCCCc1cccc(C2CCC(c3ccc(Oc4ccc(N)cc4C)cc3)(c3ccc(Oc4ccc(N)cc4C)cc3)CC2)c1. The second-order valence-corrected chi connectivity index (χ2v) is 13.7. The molecule has 1 saturated carbocycles. The van der Waals surface area contributed by atoms with Crippen LogP contribution in [-0.2, 0) is 11.8 Å². The van der Waals surface area contributed by atoms with Crippen LogP contribution in [0.1, 0.15) is 97.6 Å². The molecule has 0 unspecified atom stereocenters. The van der Waals surface area contributed by atoms with Crippen LogP contribution in [0.25, 0.3) is 0 Å². The fourth-order valence-electron chi connectivity index (χ4n) is 7.46. The molecule has 4 nitrogen and oxygen atoms in total. The molecule has 0 radical (unpaired) electrons. The van der Waals surface area contributed by atoms with Gasteiger partial charge < -0.3 is 20.9 Å². The van der Waals surface area contributed by atoms with E-state index < -0.39 is 0 Å². The lowest BCUT2D eigenvalue weighted by atomic mass is 9.62. The minimum Gasteiger partial charge on any atom is -0.457 e. The molecule has 0 heterocycles. The monoisotopic (exact) mass is 638 g/mol. The fraction of sp³-hybridized carbons (Fsp3) is 0.318. The minimum atomic E-state index is -0.0977. The molecule has 48 heavy (non-hydrogen) atoms. The van der Waals surface area contributed by atoms with Gasteiger partial charge in [-0.1, -0.05) is 74.7 Å². The van der Waals surface area contributed by atoms with Gasteiger partial charge in [-0.15, -0.1) is 0 Å². The van der Waals surface area contributed by atoms with Crippen molar-refractivity contribution in [2.24, 2.45) is 0 Å². The van der Waals surface area contributed by atoms with Gasteiger partial charge in [0.1, 0.15) is 23.0 Å². The molecule has 0 bridgehead atoms. The Morgan fingerprint density at radius 3 is 1.67 bits per heavy atom. The zero-order chi connectivity index (χ0) is 33.5. The predicted molar refractivity (Wildman–Crippen MR) is 200 cm³/mol. The molecule has 1 aliphatic carbocycles. The van der Waals surface area contributed by atoms with Crippen molar-refractivity contribution >= 4 is 11.4 Å². The molecule has 4 N–H and O–H groups in total. The smallest absolute Gasteiger partial charge is 0.130 e. The standard InChI is InChI=1S/C44H50N2O2/c1-4-5-6-7-9-33-10-8-11-35(30-33)34-24-26-44(27-25-34,36-12-18-40(19-13-36)47-42-22-16-38(45)28-31(42)2)37-14-20-41(21-15-37)48-43-23-17-39(46)29-32(43)3/h8,10-23,28-30,34H,4-7,9,24-27,45-46H2,1-3H3. The lowest BCUT2D eigenvalue weighted by Gasteiger charge is -2.42. The maximum absolute atomic E-state index is 6.28. The number of hydrogen-bond donors (Lipinski definition) is 2. The molecule has 0 saturated heterocycles. The van der Waals surface area contributed by atoms with Crippen molar-refractivity contribution in [2.45, 2.75) is 89.9 Å². The van der Waals surface area contributed by atoms with Crippen molar-refractivity contribution < 1.29 is 9.47 Å². The van der Waals surface area contributed by atoms with E-state index in [1.54, 1.807) is 0 Å². The number of ether oxygens (including phenoxy) is 2. The number of aryl methyl sites for hydroxylation is 3. The summed E-state index contributed by atoms with van der Waals surface area (Å²) in [6.45, 7) is 6.33. The van der Waals surface area contributed by atoms with E-state index in [2.05, 4.69) is 79.7 Å². The highest BCUT2D eigenvalue weighted by atomic mass is 16.5. The average Bonchev–Trinajstić information content (AvgIpc) is 3.10. The van der Waals surface area contributed by atoms with Crippen molar-refractivity contribution in [1.82, 2.24) is 0 Å². The van der Waals surface area contributed by atoms with E-state index >= 15 is 0 Å². The number of nitrogens with two attached hydrogens (primary N) is 2. The molecule has 1 fully saturated rings. The summed E-state index contributed by atoms with van der Waals surface area (Å²) in [7, 11) is 0. The molecule has 0 atom stereocenters. The molecule has 0 amide bonds. The molecule has 0 aromatic heterocycles. The average molecular weight is 639 g/mol. The lowest BCUT2D eigenvalue weighted by molar-refractivity contribution is 0.314. The van der Waals surface area contributed by atoms with E-state index in [1.807, 2.05) is 50.2 Å². The van der Waals surface area contributed by atoms with Crippen LogP contribution in [0, 0.1) is 13.8 Å². The maximum atomic E-state index is 6.28. The number of unbranched alkanes of at least 4 members (excludes halogenated alkanes) is 3. The second kappa shape index (κ2) is 15.0. The van der Waals surface area contributed by atoms with Crippen LogP contribution in [0.5, 0.6) is 23.0 Å². The largest absolute Gasteiger partial charge is 0.457 e. The van der Waals surface area contributed by atoms with Gasteiger partial charge in [0.05, 0.1) is 0 Å². The summed E-state index contributed by atoms with van der Waals surface area (Å²) >= 11 is 0. The lowest BCUT2D eigenvalue weighted by Crippen LogP contribution is -2.32. The minimum absolute atomic E-state index is 0.0977. The Morgan fingerprint density at radius 1 is 0.625 bits per heavy atom. The van der Waals surface area contributed by atoms with E-state index in [0.717, 1.165) is 71.2 Å². The maximum Gasteiger partial charge on any atom is 0.130 e. The number of benzene rings is 5. The first-order chi connectivity index (χ1) is 23.3. The van der Waals surface area contributed by atoms with Crippen LogP contribution in [0.4, 0.5) is 11.4 Å². The third-order valence-corrected chi connectivity index (χ3v) is 10.2. The first kappa shape index (κ1) is 33.2. The van der Waals surface area contributed by atoms with Crippen LogP contribution >= 0.6 is 0 Å². The Morgan fingerprint density at radius 2 is 1.17 bits per heavy atom. The van der Waals surface area contributed by atoms with Crippen molar-refractivity contribution in [1.29, 1.82) is 0 Å². The van der Waals surface area contributed by atoms with Crippen LogP contribution in [0.15, 0.2) is 109 Å². The highest BCUT2D eigenvalue weighted by Gasteiger charge is 2.39. The molecule has 6 rings (SSSR count). The van der Waals surface area contributed by atoms with Crippen molar-refractivity contribution in [3.05, 3.63) is 143 Å². The first-order valence-electron chi connectivity index (χ1n) is 17.7. The summed E-state index contributed by atoms with van der Waals surface area (Å²) in [4.78, 5) is 0. The van der Waals surface area contributed by atoms with Gasteiger partial charge in [-0.25, -0.2) is 0 Å². The van der Waals surface area contributed by atoms with Crippen LogP contribution in [0.3, 0.4) is 0 Å². The molecule has 248 valence electrons.